The Morgan fingerprint density at radius 3 is 2.54 bits per heavy atom. The van der Waals surface area contributed by atoms with Crippen molar-refractivity contribution in [2.75, 3.05) is 33.3 Å². The highest BCUT2D eigenvalue weighted by atomic mass is 35.5. The standard InChI is InChI=1S/C18H22ClN3O3S/c1-14-4-3-7-20-17(14)13-21-8-10-22(11-9-21)26(23,24)15-5-6-18(25-2)16(19)12-15/h3-7,12H,8-11,13H2,1-2H3. The van der Waals surface area contributed by atoms with Crippen molar-refractivity contribution in [2.24, 2.45) is 0 Å². The molecule has 8 heteroatoms. The number of benzene rings is 1. The van der Waals surface area contributed by atoms with Gasteiger partial charge >= 0.3 is 0 Å². The van der Waals surface area contributed by atoms with E-state index in [1.54, 1.807) is 12.3 Å². The fourth-order valence-corrected chi connectivity index (χ4v) is 4.75. The molecule has 6 nitrogen and oxygen atoms in total. The zero-order valence-corrected chi connectivity index (χ0v) is 16.4. The zero-order chi connectivity index (χ0) is 18.7. The maximum atomic E-state index is 12.9. The molecule has 0 bridgehead atoms. The zero-order valence-electron chi connectivity index (χ0n) is 14.9. The number of pyridine rings is 1. The van der Waals surface area contributed by atoms with Crippen molar-refractivity contribution in [1.29, 1.82) is 0 Å². The molecular formula is C18H22ClN3O3S. The first-order valence-electron chi connectivity index (χ1n) is 8.38. The number of hydrogen-bond donors (Lipinski definition) is 0. The fourth-order valence-electron chi connectivity index (χ4n) is 2.98. The lowest BCUT2D eigenvalue weighted by atomic mass is 10.2. The lowest BCUT2D eigenvalue weighted by Gasteiger charge is -2.34. The molecule has 1 saturated heterocycles. The Morgan fingerprint density at radius 2 is 1.92 bits per heavy atom. The average molecular weight is 396 g/mol. The van der Waals surface area contributed by atoms with Gasteiger partial charge in [0.2, 0.25) is 10.0 Å². The second-order valence-electron chi connectivity index (χ2n) is 6.24. The first-order chi connectivity index (χ1) is 12.4. The van der Waals surface area contributed by atoms with Gasteiger partial charge in [-0.1, -0.05) is 17.7 Å². The quantitative estimate of drug-likeness (QED) is 0.778. The third-order valence-corrected chi connectivity index (χ3v) is 6.77. The van der Waals surface area contributed by atoms with Gasteiger partial charge < -0.3 is 4.74 Å². The summed E-state index contributed by atoms with van der Waals surface area (Å²) < 4.78 is 32.3. The van der Waals surface area contributed by atoms with Crippen LogP contribution in [-0.4, -0.2) is 55.9 Å². The predicted molar refractivity (Wildman–Crippen MR) is 101 cm³/mol. The van der Waals surface area contributed by atoms with Crippen LogP contribution in [0.2, 0.25) is 5.02 Å². The minimum atomic E-state index is -3.56. The van der Waals surface area contributed by atoms with Crippen molar-refractivity contribution < 1.29 is 13.2 Å². The van der Waals surface area contributed by atoms with Crippen molar-refractivity contribution in [3.8, 4) is 5.75 Å². The summed E-state index contributed by atoms with van der Waals surface area (Å²) in [4.78, 5) is 6.83. The Kier molecular flexibility index (Phi) is 5.82. The van der Waals surface area contributed by atoms with E-state index in [4.69, 9.17) is 16.3 Å². The molecule has 1 aromatic heterocycles. The second kappa shape index (κ2) is 7.92. The summed E-state index contributed by atoms with van der Waals surface area (Å²) in [5, 5.41) is 0.290. The predicted octanol–water partition coefficient (Wildman–Crippen LogP) is 2.56. The van der Waals surface area contributed by atoms with E-state index in [9.17, 15) is 8.42 Å². The van der Waals surface area contributed by atoms with E-state index >= 15 is 0 Å². The molecule has 0 saturated carbocycles. The number of nitrogens with zero attached hydrogens (tertiary/aromatic N) is 3. The van der Waals surface area contributed by atoms with Crippen molar-refractivity contribution in [3.63, 3.8) is 0 Å². The van der Waals surface area contributed by atoms with Gasteiger partial charge in [-0.25, -0.2) is 8.42 Å². The summed E-state index contributed by atoms with van der Waals surface area (Å²) in [6.07, 6.45) is 1.79. The summed E-state index contributed by atoms with van der Waals surface area (Å²) in [6.45, 7) is 4.99. The Morgan fingerprint density at radius 1 is 1.19 bits per heavy atom. The van der Waals surface area contributed by atoms with Crippen LogP contribution in [0.1, 0.15) is 11.3 Å². The molecule has 1 aliphatic rings. The van der Waals surface area contributed by atoms with Crippen LogP contribution < -0.4 is 4.74 Å². The van der Waals surface area contributed by atoms with E-state index in [-0.39, 0.29) is 9.92 Å². The fraction of sp³-hybridized carbons (Fsp3) is 0.389. The molecule has 2 aromatic rings. The molecule has 3 rings (SSSR count). The van der Waals surface area contributed by atoms with Crippen LogP contribution in [0.15, 0.2) is 41.4 Å². The van der Waals surface area contributed by atoms with Gasteiger partial charge in [0.15, 0.2) is 0 Å². The van der Waals surface area contributed by atoms with Gasteiger partial charge in [-0.3, -0.25) is 9.88 Å². The molecule has 0 unspecified atom stereocenters. The Balaban J connectivity index is 1.67. The van der Waals surface area contributed by atoms with Crippen LogP contribution in [0.5, 0.6) is 5.75 Å². The molecule has 1 aromatic carbocycles. The average Bonchev–Trinajstić information content (AvgIpc) is 2.64. The molecule has 1 fully saturated rings. The molecule has 2 heterocycles. The van der Waals surface area contributed by atoms with Gasteiger partial charge in [0.25, 0.3) is 0 Å². The number of ether oxygens (including phenoxy) is 1. The summed E-state index contributed by atoms with van der Waals surface area (Å²) in [7, 11) is -2.06. The van der Waals surface area contributed by atoms with Crippen LogP contribution >= 0.6 is 11.6 Å². The molecule has 0 radical (unpaired) electrons. The Hall–Kier alpha value is -1.67. The first-order valence-corrected chi connectivity index (χ1v) is 10.2. The van der Waals surface area contributed by atoms with Crippen molar-refractivity contribution in [3.05, 3.63) is 52.8 Å². The third-order valence-electron chi connectivity index (χ3n) is 4.58. The molecular weight excluding hydrogens is 374 g/mol. The van der Waals surface area contributed by atoms with Gasteiger partial charge in [-0.05, 0) is 36.8 Å². The van der Waals surface area contributed by atoms with Crippen LogP contribution in [0.3, 0.4) is 0 Å². The topological polar surface area (TPSA) is 62.7 Å². The van der Waals surface area contributed by atoms with Crippen molar-refractivity contribution in [1.82, 2.24) is 14.2 Å². The minimum Gasteiger partial charge on any atom is -0.495 e. The lowest BCUT2D eigenvalue weighted by molar-refractivity contribution is 0.179. The highest BCUT2D eigenvalue weighted by Crippen LogP contribution is 2.28. The van der Waals surface area contributed by atoms with E-state index in [0.29, 0.717) is 31.9 Å². The maximum absolute atomic E-state index is 12.9. The van der Waals surface area contributed by atoms with E-state index in [1.165, 1.54) is 23.5 Å². The molecule has 1 aliphatic heterocycles. The first kappa shape index (κ1) is 19.1. The van der Waals surface area contributed by atoms with Crippen LogP contribution in [0.4, 0.5) is 0 Å². The number of aryl methyl sites for hydroxylation is 1. The monoisotopic (exact) mass is 395 g/mol. The number of hydrogen-bond acceptors (Lipinski definition) is 5. The van der Waals surface area contributed by atoms with E-state index in [1.807, 2.05) is 19.1 Å². The maximum Gasteiger partial charge on any atom is 0.243 e. The number of halogens is 1. The molecule has 140 valence electrons. The summed E-state index contributed by atoms with van der Waals surface area (Å²) in [5.74, 6) is 0.459. The van der Waals surface area contributed by atoms with Gasteiger partial charge in [-0.15, -0.1) is 0 Å². The van der Waals surface area contributed by atoms with Crippen LogP contribution in [0, 0.1) is 6.92 Å². The number of rotatable bonds is 5. The van der Waals surface area contributed by atoms with Crippen molar-refractivity contribution >= 4 is 21.6 Å². The summed E-state index contributed by atoms with van der Waals surface area (Å²) in [5.41, 5.74) is 2.18. The summed E-state index contributed by atoms with van der Waals surface area (Å²) in [6, 6.07) is 8.51. The third kappa shape index (κ3) is 4.01. The lowest BCUT2D eigenvalue weighted by Crippen LogP contribution is -2.48. The molecule has 0 N–H and O–H groups in total. The smallest absolute Gasteiger partial charge is 0.243 e. The van der Waals surface area contributed by atoms with Gasteiger partial charge in [0.1, 0.15) is 5.75 Å². The normalized spacial score (nSPS) is 16.6. The van der Waals surface area contributed by atoms with E-state index in [2.05, 4.69) is 9.88 Å². The van der Waals surface area contributed by atoms with Crippen LogP contribution in [-0.2, 0) is 16.6 Å². The van der Waals surface area contributed by atoms with Gasteiger partial charge in [-0.2, -0.15) is 4.31 Å². The largest absolute Gasteiger partial charge is 0.495 e. The highest BCUT2D eigenvalue weighted by molar-refractivity contribution is 7.89. The number of aromatic nitrogens is 1. The molecule has 0 spiro atoms. The van der Waals surface area contributed by atoms with Gasteiger partial charge in [0.05, 0.1) is 22.7 Å². The molecule has 0 aliphatic carbocycles. The van der Waals surface area contributed by atoms with Crippen LogP contribution in [0.25, 0.3) is 0 Å². The SMILES string of the molecule is COc1ccc(S(=O)(=O)N2CCN(Cc3ncccc3C)CC2)cc1Cl. The number of methoxy groups -OCH3 is 1. The van der Waals surface area contributed by atoms with E-state index in [0.717, 1.165) is 17.8 Å². The molecule has 26 heavy (non-hydrogen) atoms. The Bertz CT molecular complexity index is 881. The number of piperazine rings is 1. The van der Waals surface area contributed by atoms with Crippen molar-refractivity contribution in [2.45, 2.75) is 18.4 Å². The minimum absolute atomic E-state index is 0.192. The molecule has 0 amide bonds. The molecule has 0 atom stereocenters. The number of sulfonamides is 1. The second-order valence-corrected chi connectivity index (χ2v) is 8.59. The van der Waals surface area contributed by atoms with E-state index < -0.39 is 10.0 Å². The Labute approximate surface area is 159 Å². The summed E-state index contributed by atoms with van der Waals surface area (Å²) >= 11 is 6.08. The highest BCUT2D eigenvalue weighted by Gasteiger charge is 2.29. The van der Waals surface area contributed by atoms with Gasteiger partial charge in [0, 0.05) is 38.9 Å².